The second-order valence-electron chi connectivity index (χ2n) is 8.52. The predicted octanol–water partition coefficient (Wildman–Crippen LogP) is 2.55. The van der Waals surface area contributed by atoms with E-state index in [9.17, 15) is 19.1 Å². The molecule has 0 spiro atoms. The van der Waals surface area contributed by atoms with Crippen molar-refractivity contribution in [1.29, 1.82) is 0 Å². The molecule has 0 radical (unpaired) electrons. The zero-order valence-electron chi connectivity index (χ0n) is 18.1. The van der Waals surface area contributed by atoms with Crippen molar-refractivity contribution in [1.82, 2.24) is 14.8 Å². The Hall–Kier alpha value is -2.51. The Morgan fingerprint density at radius 1 is 1.16 bits per heavy atom. The Kier molecular flexibility index (Phi) is 6.25. The molecule has 3 heterocycles. The number of nitrogens with zero attached hydrogens (tertiary/aromatic N) is 2. The van der Waals surface area contributed by atoms with E-state index in [2.05, 4.69) is 17.1 Å². The Morgan fingerprint density at radius 2 is 1.90 bits per heavy atom. The second kappa shape index (κ2) is 8.93. The molecule has 2 aromatic rings. The predicted molar refractivity (Wildman–Crippen MR) is 117 cm³/mol. The zero-order chi connectivity index (χ0) is 22.1. The number of benzene rings is 1. The molecular formula is C24H30FN3O3. The maximum Gasteiger partial charge on any atom is 0.258 e. The smallest absolute Gasteiger partial charge is 0.258 e. The van der Waals surface area contributed by atoms with Crippen LogP contribution in [0.1, 0.15) is 38.4 Å². The topological polar surface area (TPSA) is 74.6 Å². The van der Waals surface area contributed by atoms with Gasteiger partial charge in [0.05, 0.1) is 12.1 Å². The van der Waals surface area contributed by atoms with Crippen LogP contribution in [0.2, 0.25) is 0 Å². The second-order valence-corrected chi connectivity index (χ2v) is 8.52. The Balaban J connectivity index is 1.73. The van der Waals surface area contributed by atoms with E-state index in [-0.39, 0.29) is 41.8 Å². The van der Waals surface area contributed by atoms with E-state index in [1.807, 2.05) is 13.0 Å². The van der Waals surface area contributed by atoms with E-state index in [0.717, 1.165) is 25.1 Å². The van der Waals surface area contributed by atoms with Gasteiger partial charge >= 0.3 is 0 Å². The monoisotopic (exact) mass is 427 g/mol. The number of nitrogens with one attached hydrogen (secondary N) is 1. The molecule has 0 aliphatic carbocycles. The van der Waals surface area contributed by atoms with Crippen molar-refractivity contribution < 1.29 is 14.3 Å². The first-order chi connectivity index (χ1) is 15.0. The molecule has 2 N–H and O–H groups in total. The molecule has 1 amide bonds. The largest absolute Gasteiger partial charge is 0.396 e. The molecule has 0 unspecified atom stereocenters. The van der Waals surface area contributed by atoms with Gasteiger partial charge in [0.2, 0.25) is 5.91 Å². The number of aliphatic hydroxyl groups excluding tert-OH is 1. The molecule has 1 aromatic carbocycles. The highest BCUT2D eigenvalue weighted by atomic mass is 19.1. The minimum atomic E-state index is -0.396. The summed E-state index contributed by atoms with van der Waals surface area (Å²) in [5.74, 6) is -0.624. The van der Waals surface area contributed by atoms with Crippen molar-refractivity contribution >= 4 is 5.91 Å². The summed E-state index contributed by atoms with van der Waals surface area (Å²) >= 11 is 0. The lowest BCUT2D eigenvalue weighted by atomic mass is 9.88. The average Bonchev–Trinajstić information content (AvgIpc) is 3.29. The highest BCUT2D eigenvalue weighted by molar-refractivity contribution is 5.82. The summed E-state index contributed by atoms with van der Waals surface area (Å²) in [4.78, 5) is 28.4. The molecule has 1 saturated heterocycles. The summed E-state index contributed by atoms with van der Waals surface area (Å²) in [6.07, 6.45) is 1.73. The number of hydrogen-bond donors (Lipinski definition) is 2. The van der Waals surface area contributed by atoms with Gasteiger partial charge < -0.3 is 15.0 Å². The Labute approximate surface area is 181 Å². The number of aliphatic hydroxyl groups is 1. The van der Waals surface area contributed by atoms with Crippen LogP contribution in [-0.2, 0) is 11.3 Å². The average molecular weight is 428 g/mol. The summed E-state index contributed by atoms with van der Waals surface area (Å²) in [5, 5.41) is 13.2. The van der Waals surface area contributed by atoms with E-state index in [1.54, 1.807) is 22.8 Å². The Morgan fingerprint density at radius 3 is 2.55 bits per heavy atom. The lowest BCUT2D eigenvalue weighted by Gasteiger charge is -2.30. The van der Waals surface area contributed by atoms with Crippen molar-refractivity contribution in [2.45, 2.75) is 45.3 Å². The third kappa shape index (κ3) is 3.70. The zero-order valence-corrected chi connectivity index (χ0v) is 18.1. The SMILES string of the molecule is CCCNC(=O)[C@H]1[C@H](CO)[C@H]2Cn3c(ccc(-c4ccc(F)cc4)c3=O)[C@H]2N1CCC. The van der Waals surface area contributed by atoms with Crippen LogP contribution in [0.3, 0.4) is 0 Å². The van der Waals surface area contributed by atoms with Gasteiger partial charge in [-0.1, -0.05) is 26.0 Å². The van der Waals surface area contributed by atoms with Gasteiger partial charge in [-0.05, 0) is 49.2 Å². The normalized spacial score (nSPS) is 24.8. The van der Waals surface area contributed by atoms with Gasteiger partial charge in [-0.25, -0.2) is 4.39 Å². The Bertz CT molecular complexity index is 1000. The minimum Gasteiger partial charge on any atom is -0.396 e. The van der Waals surface area contributed by atoms with E-state index < -0.39 is 6.04 Å². The summed E-state index contributed by atoms with van der Waals surface area (Å²) in [5.41, 5.74) is 1.99. The molecule has 4 atom stereocenters. The molecule has 1 aromatic heterocycles. The number of likely N-dealkylation sites (tertiary alicyclic amines) is 1. The number of aromatic nitrogens is 1. The van der Waals surface area contributed by atoms with Gasteiger partial charge in [0.1, 0.15) is 5.82 Å². The molecule has 7 heteroatoms. The molecule has 0 bridgehead atoms. The number of amides is 1. The van der Waals surface area contributed by atoms with Gasteiger partial charge in [-0.3, -0.25) is 14.5 Å². The number of rotatable bonds is 7. The maximum absolute atomic E-state index is 13.3. The fourth-order valence-corrected chi connectivity index (χ4v) is 5.33. The van der Waals surface area contributed by atoms with Crippen molar-refractivity contribution in [3.05, 3.63) is 58.3 Å². The van der Waals surface area contributed by atoms with Gasteiger partial charge in [0.15, 0.2) is 0 Å². The van der Waals surface area contributed by atoms with Crippen LogP contribution in [-0.4, -0.2) is 46.2 Å². The third-order valence-electron chi connectivity index (χ3n) is 6.65. The maximum atomic E-state index is 13.3. The van der Waals surface area contributed by atoms with Crippen molar-refractivity contribution in [2.24, 2.45) is 11.8 Å². The first-order valence-electron chi connectivity index (χ1n) is 11.2. The van der Waals surface area contributed by atoms with Crippen molar-refractivity contribution in [2.75, 3.05) is 19.7 Å². The van der Waals surface area contributed by atoms with Crippen LogP contribution in [0.4, 0.5) is 4.39 Å². The molecule has 6 nitrogen and oxygen atoms in total. The number of carbonyl (C=O) groups excluding carboxylic acids is 1. The van der Waals surface area contributed by atoms with Crippen LogP contribution >= 0.6 is 0 Å². The van der Waals surface area contributed by atoms with Gasteiger partial charge in [-0.15, -0.1) is 0 Å². The van der Waals surface area contributed by atoms with Crippen molar-refractivity contribution in [3.8, 4) is 11.1 Å². The molecule has 1 fully saturated rings. The molecule has 166 valence electrons. The van der Waals surface area contributed by atoms with Gasteiger partial charge in [0, 0.05) is 42.8 Å². The van der Waals surface area contributed by atoms with E-state index in [4.69, 9.17) is 0 Å². The molecule has 0 saturated carbocycles. The first-order valence-corrected chi connectivity index (χ1v) is 11.2. The molecule has 31 heavy (non-hydrogen) atoms. The fourth-order valence-electron chi connectivity index (χ4n) is 5.33. The fraction of sp³-hybridized carbons (Fsp3) is 0.500. The van der Waals surface area contributed by atoms with Crippen LogP contribution in [0.5, 0.6) is 0 Å². The molecule has 4 rings (SSSR count). The third-order valence-corrected chi connectivity index (χ3v) is 6.65. The van der Waals surface area contributed by atoms with Crippen LogP contribution < -0.4 is 10.9 Å². The number of halogens is 1. The van der Waals surface area contributed by atoms with E-state index in [0.29, 0.717) is 24.2 Å². The van der Waals surface area contributed by atoms with Crippen molar-refractivity contribution in [3.63, 3.8) is 0 Å². The van der Waals surface area contributed by atoms with E-state index in [1.165, 1.54) is 12.1 Å². The number of hydrogen-bond acceptors (Lipinski definition) is 4. The number of carbonyl (C=O) groups is 1. The van der Waals surface area contributed by atoms with Crippen LogP contribution in [0.15, 0.2) is 41.2 Å². The molecular weight excluding hydrogens is 397 g/mol. The summed E-state index contributed by atoms with van der Waals surface area (Å²) in [7, 11) is 0. The minimum absolute atomic E-state index is 0.00917. The first kappa shape index (κ1) is 21.7. The van der Waals surface area contributed by atoms with E-state index >= 15 is 0 Å². The number of fused-ring (bicyclic) bond motifs is 3. The molecule has 2 aliphatic rings. The standard InChI is InChI=1S/C24H30FN3O3/c1-3-11-26-23(30)22-19(14-29)18-13-28-20(21(18)27(22)12-4-2)10-9-17(24(28)31)15-5-7-16(25)8-6-15/h5-10,18-19,21-22,29H,3-4,11-14H2,1-2H3,(H,26,30)/t18-,19-,21+,22-/m1/s1. The highest BCUT2D eigenvalue weighted by Crippen LogP contribution is 2.49. The van der Waals surface area contributed by atoms with Crippen LogP contribution in [0, 0.1) is 17.7 Å². The molecule has 2 aliphatic heterocycles. The lowest BCUT2D eigenvalue weighted by molar-refractivity contribution is -0.127. The highest BCUT2D eigenvalue weighted by Gasteiger charge is 2.55. The summed E-state index contributed by atoms with van der Waals surface area (Å²) in [6, 6.07) is 9.21. The van der Waals surface area contributed by atoms with Gasteiger partial charge in [0.25, 0.3) is 5.56 Å². The number of pyridine rings is 1. The lowest BCUT2D eigenvalue weighted by Crippen LogP contribution is -2.48. The summed E-state index contributed by atoms with van der Waals surface area (Å²) in [6.45, 7) is 5.78. The summed E-state index contributed by atoms with van der Waals surface area (Å²) < 4.78 is 15.1. The van der Waals surface area contributed by atoms with Gasteiger partial charge in [-0.2, -0.15) is 0 Å². The van der Waals surface area contributed by atoms with Crippen LogP contribution in [0.25, 0.3) is 11.1 Å². The quantitative estimate of drug-likeness (QED) is 0.712.